The van der Waals surface area contributed by atoms with E-state index in [1.165, 1.54) is 24.3 Å². The van der Waals surface area contributed by atoms with E-state index in [1.54, 1.807) is 12.1 Å². The number of alkyl halides is 3. The number of carbonyl (C=O) groups excluding carboxylic acids is 1. The van der Waals surface area contributed by atoms with Crippen LogP contribution in [0.15, 0.2) is 48.5 Å². The van der Waals surface area contributed by atoms with Crippen molar-refractivity contribution in [3.63, 3.8) is 0 Å². The molecule has 11 heteroatoms. The molecule has 0 unspecified atom stereocenters. The second-order valence-electron chi connectivity index (χ2n) is 7.44. The molecule has 2 amide bonds. The number of benzene rings is 2. The topological polar surface area (TPSA) is 79.2 Å². The number of nitrogens with zero attached hydrogens (tertiary/aromatic N) is 2. The van der Waals surface area contributed by atoms with Crippen molar-refractivity contribution in [1.82, 2.24) is 15.1 Å². The van der Waals surface area contributed by atoms with Gasteiger partial charge in [0.25, 0.3) is 0 Å². The van der Waals surface area contributed by atoms with Crippen LogP contribution in [-0.4, -0.2) is 20.9 Å². The van der Waals surface area contributed by atoms with Gasteiger partial charge in [-0.3, -0.25) is 0 Å². The third kappa shape index (κ3) is 4.71. The van der Waals surface area contributed by atoms with E-state index in [4.69, 9.17) is 11.6 Å². The van der Waals surface area contributed by atoms with Crippen LogP contribution in [-0.2, 0) is 18.3 Å². The third-order valence-electron chi connectivity index (χ3n) is 5.01. The molecule has 0 spiro atoms. The predicted octanol–water partition coefficient (Wildman–Crippen LogP) is 4.99. The fraction of sp³-hybridized carbons (Fsp3) is 0.238. The van der Waals surface area contributed by atoms with Crippen molar-refractivity contribution >= 4 is 23.3 Å². The molecular weight excluding hydrogens is 452 g/mol. The van der Waals surface area contributed by atoms with Gasteiger partial charge in [0, 0.05) is 16.3 Å². The molecule has 3 aromatic rings. The van der Waals surface area contributed by atoms with Crippen LogP contribution in [0.1, 0.15) is 29.8 Å². The highest BCUT2D eigenvalue weighted by molar-refractivity contribution is 6.30. The van der Waals surface area contributed by atoms with E-state index in [2.05, 4.69) is 15.7 Å². The number of hydrogen-bond acceptors (Lipinski definition) is 3. The number of nitrogens with one attached hydrogen (secondary N) is 2. The Morgan fingerprint density at radius 1 is 1.19 bits per heavy atom. The van der Waals surface area contributed by atoms with E-state index in [0.717, 1.165) is 16.8 Å². The number of rotatable bonds is 5. The first kappa shape index (κ1) is 22.1. The fourth-order valence-electron chi connectivity index (χ4n) is 3.22. The summed E-state index contributed by atoms with van der Waals surface area (Å²) >= 11 is 5.93. The van der Waals surface area contributed by atoms with Gasteiger partial charge in [-0.1, -0.05) is 23.7 Å². The Kier molecular flexibility index (Phi) is 5.59. The maximum Gasteiger partial charge on any atom is 0.435 e. The number of halogens is 5. The lowest BCUT2D eigenvalue weighted by molar-refractivity contribution is -0.141. The SMILES string of the molecule is O=C(NCc1cc(C(F)(F)F)nn1-c1cccc(Cl)c1)Nc1ccc(C2(O)CC2)c(F)c1. The zero-order valence-electron chi connectivity index (χ0n) is 16.4. The monoisotopic (exact) mass is 468 g/mol. The van der Waals surface area contributed by atoms with Gasteiger partial charge in [0.05, 0.1) is 23.5 Å². The van der Waals surface area contributed by atoms with Crippen molar-refractivity contribution in [2.75, 3.05) is 5.32 Å². The average Bonchev–Trinajstić information content (AvgIpc) is 3.29. The number of anilines is 1. The highest BCUT2D eigenvalue weighted by Gasteiger charge is 2.44. The molecule has 1 fully saturated rings. The number of aromatic nitrogens is 2. The van der Waals surface area contributed by atoms with Crippen LogP contribution in [0.2, 0.25) is 5.02 Å². The summed E-state index contributed by atoms with van der Waals surface area (Å²) < 4.78 is 54.8. The Hall–Kier alpha value is -3.11. The van der Waals surface area contributed by atoms with E-state index >= 15 is 0 Å². The number of amides is 2. The van der Waals surface area contributed by atoms with E-state index in [0.29, 0.717) is 23.6 Å². The standard InChI is InChI=1S/C21H17ClF4N4O2/c22-12-2-1-3-14(8-12)30-15(10-18(29-30)21(24,25)26)11-27-19(31)28-13-4-5-16(17(23)9-13)20(32)6-7-20/h1-5,8-10,32H,6-7,11H2,(H2,27,28,31). The normalized spacial score (nSPS) is 14.8. The number of carbonyl (C=O) groups is 1. The minimum Gasteiger partial charge on any atom is -0.385 e. The van der Waals surface area contributed by atoms with Crippen LogP contribution in [0.5, 0.6) is 0 Å². The van der Waals surface area contributed by atoms with Crippen molar-refractivity contribution in [2.45, 2.75) is 31.2 Å². The lowest BCUT2D eigenvalue weighted by atomic mass is 10.1. The molecule has 1 saturated carbocycles. The maximum absolute atomic E-state index is 14.2. The maximum atomic E-state index is 14.2. The third-order valence-corrected chi connectivity index (χ3v) is 5.24. The molecule has 1 aliphatic carbocycles. The van der Waals surface area contributed by atoms with Crippen molar-refractivity contribution in [2.24, 2.45) is 0 Å². The summed E-state index contributed by atoms with van der Waals surface area (Å²) in [7, 11) is 0. The molecule has 168 valence electrons. The molecule has 1 heterocycles. The fourth-order valence-corrected chi connectivity index (χ4v) is 3.40. The first-order chi connectivity index (χ1) is 15.0. The lowest BCUT2D eigenvalue weighted by Crippen LogP contribution is -2.29. The molecule has 0 saturated heterocycles. The number of aliphatic hydroxyl groups is 1. The first-order valence-corrected chi connectivity index (χ1v) is 9.92. The summed E-state index contributed by atoms with van der Waals surface area (Å²) in [5.41, 5.74) is -1.63. The molecule has 0 bridgehead atoms. The highest BCUT2D eigenvalue weighted by Crippen LogP contribution is 2.46. The summed E-state index contributed by atoms with van der Waals surface area (Å²) in [4.78, 5) is 12.2. The van der Waals surface area contributed by atoms with E-state index in [9.17, 15) is 27.5 Å². The highest BCUT2D eigenvalue weighted by atomic mass is 35.5. The second kappa shape index (κ2) is 8.10. The Balaban J connectivity index is 1.49. The molecule has 1 aromatic heterocycles. The van der Waals surface area contributed by atoms with Gasteiger partial charge in [-0.05, 0) is 49.2 Å². The Bertz CT molecular complexity index is 1170. The van der Waals surface area contributed by atoms with Crippen molar-refractivity contribution in [1.29, 1.82) is 0 Å². The van der Waals surface area contributed by atoms with Gasteiger partial charge >= 0.3 is 12.2 Å². The molecule has 1 aliphatic rings. The van der Waals surface area contributed by atoms with Gasteiger partial charge in [-0.2, -0.15) is 18.3 Å². The predicted molar refractivity (Wildman–Crippen MR) is 109 cm³/mol. The van der Waals surface area contributed by atoms with Gasteiger partial charge in [-0.25, -0.2) is 13.9 Å². The number of hydrogen-bond donors (Lipinski definition) is 3. The molecule has 0 radical (unpaired) electrons. The second-order valence-corrected chi connectivity index (χ2v) is 7.88. The molecule has 32 heavy (non-hydrogen) atoms. The quantitative estimate of drug-likeness (QED) is 0.462. The average molecular weight is 469 g/mol. The van der Waals surface area contributed by atoms with Gasteiger partial charge in [-0.15, -0.1) is 0 Å². The minimum absolute atomic E-state index is 0.0622. The summed E-state index contributed by atoms with van der Waals surface area (Å²) in [6.07, 6.45) is -3.74. The van der Waals surface area contributed by atoms with E-state index in [-0.39, 0.29) is 23.5 Å². The van der Waals surface area contributed by atoms with E-state index in [1.807, 2.05) is 0 Å². The van der Waals surface area contributed by atoms with Gasteiger partial charge in [0.15, 0.2) is 5.69 Å². The van der Waals surface area contributed by atoms with E-state index < -0.39 is 29.3 Å². The van der Waals surface area contributed by atoms with Gasteiger partial charge in [0.1, 0.15) is 5.82 Å². The minimum atomic E-state index is -4.67. The zero-order chi connectivity index (χ0) is 23.1. The number of urea groups is 1. The van der Waals surface area contributed by atoms with Gasteiger partial charge in [0.2, 0.25) is 0 Å². The smallest absolute Gasteiger partial charge is 0.385 e. The van der Waals surface area contributed by atoms with Crippen LogP contribution < -0.4 is 10.6 Å². The molecular formula is C21H17ClF4N4O2. The van der Waals surface area contributed by atoms with Crippen LogP contribution in [0.4, 0.5) is 28.0 Å². The first-order valence-electron chi connectivity index (χ1n) is 9.54. The van der Waals surface area contributed by atoms with Gasteiger partial charge < -0.3 is 15.7 Å². The molecule has 4 rings (SSSR count). The zero-order valence-corrected chi connectivity index (χ0v) is 17.1. The van der Waals surface area contributed by atoms with Crippen LogP contribution in [0, 0.1) is 5.82 Å². The van der Waals surface area contributed by atoms with Crippen LogP contribution >= 0.6 is 11.6 Å². The molecule has 6 nitrogen and oxygen atoms in total. The van der Waals surface area contributed by atoms with Crippen molar-refractivity contribution in [3.05, 3.63) is 76.3 Å². The Morgan fingerprint density at radius 3 is 2.56 bits per heavy atom. The summed E-state index contributed by atoms with van der Waals surface area (Å²) in [5, 5.41) is 18.8. The molecule has 3 N–H and O–H groups in total. The van der Waals surface area contributed by atoms with Crippen LogP contribution in [0.25, 0.3) is 5.69 Å². The molecule has 0 atom stereocenters. The van der Waals surface area contributed by atoms with Crippen LogP contribution in [0.3, 0.4) is 0 Å². The summed E-state index contributed by atoms with van der Waals surface area (Å²) in [6, 6.07) is 10.1. The van der Waals surface area contributed by atoms with Crippen molar-refractivity contribution in [3.8, 4) is 5.69 Å². The molecule has 0 aliphatic heterocycles. The summed E-state index contributed by atoms with van der Waals surface area (Å²) in [6.45, 7) is -0.290. The Morgan fingerprint density at radius 2 is 1.94 bits per heavy atom. The Labute approximate surface area is 184 Å². The molecule has 2 aromatic carbocycles. The largest absolute Gasteiger partial charge is 0.435 e. The summed E-state index contributed by atoms with van der Waals surface area (Å²) in [5.74, 6) is -0.656. The van der Waals surface area contributed by atoms with Crippen molar-refractivity contribution < 1.29 is 27.5 Å². The lowest BCUT2D eigenvalue weighted by Gasteiger charge is -2.12.